The van der Waals surface area contributed by atoms with Gasteiger partial charge in [-0.3, -0.25) is 9.59 Å². The Morgan fingerprint density at radius 1 is 0.862 bits per heavy atom. The van der Waals surface area contributed by atoms with Gasteiger partial charge in [-0.05, 0) is 61.4 Å². The molecule has 0 bridgehead atoms. The number of anilines is 2. The van der Waals surface area contributed by atoms with Crippen molar-refractivity contribution in [3.8, 4) is 5.75 Å². The lowest BCUT2D eigenvalue weighted by Gasteiger charge is -2.10. The van der Waals surface area contributed by atoms with Crippen LogP contribution in [0.25, 0.3) is 0 Å². The molecule has 0 aromatic heterocycles. The van der Waals surface area contributed by atoms with Gasteiger partial charge in [-0.1, -0.05) is 26.7 Å². The molecule has 0 heterocycles. The van der Waals surface area contributed by atoms with E-state index in [2.05, 4.69) is 29.8 Å². The molecule has 2 aromatic carbocycles. The first-order valence-corrected chi connectivity index (χ1v) is 10.3. The van der Waals surface area contributed by atoms with Gasteiger partial charge in [0.25, 0.3) is 5.91 Å². The van der Waals surface area contributed by atoms with Crippen molar-refractivity contribution in [2.24, 2.45) is 0 Å². The monoisotopic (exact) mass is 397 g/mol. The van der Waals surface area contributed by atoms with Gasteiger partial charge in [0.15, 0.2) is 0 Å². The van der Waals surface area contributed by atoms with E-state index in [4.69, 9.17) is 4.74 Å². The SMILES string of the molecule is CCCCNC(=O)c1ccc(NCC(=O)Nc2ccc(OCCCC)cc2)cc1. The zero-order chi connectivity index (χ0) is 20.9. The summed E-state index contributed by atoms with van der Waals surface area (Å²) in [6, 6.07) is 14.4. The van der Waals surface area contributed by atoms with Crippen LogP contribution in [0.3, 0.4) is 0 Å². The van der Waals surface area contributed by atoms with Gasteiger partial charge in [-0.2, -0.15) is 0 Å². The van der Waals surface area contributed by atoms with Crippen LogP contribution in [-0.2, 0) is 4.79 Å². The minimum absolute atomic E-state index is 0.0788. The zero-order valence-corrected chi connectivity index (χ0v) is 17.3. The number of hydrogen-bond acceptors (Lipinski definition) is 4. The lowest BCUT2D eigenvalue weighted by atomic mass is 10.2. The van der Waals surface area contributed by atoms with E-state index in [1.807, 2.05) is 24.3 Å². The number of benzene rings is 2. The Balaban J connectivity index is 1.75. The van der Waals surface area contributed by atoms with Gasteiger partial charge >= 0.3 is 0 Å². The van der Waals surface area contributed by atoms with E-state index in [9.17, 15) is 9.59 Å². The first-order chi connectivity index (χ1) is 14.1. The fourth-order valence-corrected chi connectivity index (χ4v) is 2.58. The molecule has 0 aliphatic heterocycles. The van der Waals surface area contributed by atoms with E-state index < -0.39 is 0 Å². The molecule has 0 aliphatic carbocycles. The quantitative estimate of drug-likeness (QED) is 0.463. The third-order valence-electron chi connectivity index (χ3n) is 4.32. The Labute approximate surface area is 173 Å². The summed E-state index contributed by atoms with van der Waals surface area (Å²) in [6.07, 6.45) is 4.13. The molecular formula is C23H31N3O3. The highest BCUT2D eigenvalue weighted by Gasteiger charge is 2.06. The van der Waals surface area contributed by atoms with Crippen molar-refractivity contribution in [2.75, 3.05) is 30.3 Å². The van der Waals surface area contributed by atoms with Crippen LogP contribution in [0.2, 0.25) is 0 Å². The second-order valence-electron chi connectivity index (χ2n) is 6.81. The number of hydrogen-bond donors (Lipinski definition) is 3. The van der Waals surface area contributed by atoms with Crippen LogP contribution in [0, 0.1) is 0 Å². The topological polar surface area (TPSA) is 79.5 Å². The fourth-order valence-electron chi connectivity index (χ4n) is 2.58. The van der Waals surface area contributed by atoms with Gasteiger partial charge in [0.2, 0.25) is 5.91 Å². The Hall–Kier alpha value is -3.02. The number of amides is 2. The second kappa shape index (κ2) is 12.4. The molecule has 6 nitrogen and oxygen atoms in total. The summed E-state index contributed by atoms with van der Waals surface area (Å²) in [5, 5.41) is 8.79. The molecule has 2 amide bonds. The van der Waals surface area contributed by atoms with Crippen molar-refractivity contribution in [2.45, 2.75) is 39.5 Å². The van der Waals surface area contributed by atoms with E-state index in [1.165, 1.54) is 0 Å². The first kappa shape index (κ1) is 22.3. The third kappa shape index (κ3) is 8.25. The zero-order valence-electron chi connectivity index (χ0n) is 17.3. The van der Waals surface area contributed by atoms with Crippen molar-refractivity contribution < 1.29 is 14.3 Å². The average molecular weight is 398 g/mol. The molecular weight excluding hydrogens is 366 g/mol. The maximum atomic E-state index is 12.1. The Morgan fingerprint density at radius 3 is 2.17 bits per heavy atom. The number of carbonyl (C=O) groups is 2. The number of nitrogens with one attached hydrogen (secondary N) is 3. The molecule has 0 fully saturated rings. The van der Waals surface area contributed by atoms with Gasteiger partial charge in [-0.15, -0.1) is 0 Å². The molecule has 3 N–H and O–H groups in total. The maximum Gasteiger partial charge on any atom is 0.251 e. The van der Waals surface area contributed by atoms with E-state index in [0.29, 0.717) is 18.7 Å². The average Bonchev–Trinajstić information content (AvgIpc) is 2.74. The summed E-state index contributed by atoms with van der Waals surface area (Å²) in [4.78, 5) is 24.1. The highest BCUT2D eigenvalue weighted by molar-refractivity contribution is 5.95. The normalized spacial score (nSPS) is 10.3. The lowest BCUT2D eigenvalue weighted by molar-refractivity contribution is -0.114. The summed E-state index contributed by atoms with van der Waals surface area (Å²) in [5.41, 5.74) is 2.11. The Kier molecular flexibility index (Phi) is 9.55. The van der Waals surface area contributed by atoms with Gasteiger partial charge in [0, 0.05) is 23.5 Å². The van der Waals surface area contributed by atoms with Crippen LogP contribution >= 0.6 is 0 Å². The molecule has 0 atom stereocenters. The second-order valence-corrected chi connectivity index (χ2v) is 6.81. The summed E-state index contributed by atoms with van der Waals surface area (Å²) in [7, 11) is 0. The van der Waals surface area contributed by atoms with Gasteiger partial charge in [-0.25, -0.2) is 0 Å². The molecule has 0 spiro atoms. The van der Waals surface area contributed by atoms with Gasteiger partial charge in [0.1, 0.15) is 5.75 Å². The molecule has 2 rings (SSSR count). The van der Waals surface area contributed by atoms with Crippen LogP contribution < -0.4 is 20.7 Å². The summed E-state index contributed by atoms with van der Waals surface area (Å²) in [6.45, 7) is 5.72. The fraction of sp³-hybridized carbons (Fsp3) is 0.391. The van der Waals surface area contributed by atoms with E-state index in [0.717, 1.165) is 42.8 Å². The number of rotatable bonds is 12. The number of unbranched alkanes of at least 4 members (excludes halogenated alkanes) is 2. The predicted molar refractivity (Wildman–Crippen MR) is 118 cm³/mol. The van der Waals surface area contributed by atoms with Crippen LogP contribution in [0.5, 0.6) is 5.75 Å². The third-order valence-corrected chi connectivity index (χ3v) is 4.32. The van der Waals surface area contributed by atoms with Crippen LogP contribution in [-0.4, -0.2) is 31.5 Å². The summed E-state index contributed by atoms with van der Waals surface area (Å²) in [5.74, 6) is 0.573. The van der Waals surface area contributed by atoms with E-state index in [1.54, 1.807) is 24.3 Å². The van der Waals surface area contributed by atoms with E-state index in [-0.39, 0.29) is 18.4 Å². The lowest BCUT2D eigenvalue weighted by Crippen LogP contribution is -2.24. The minimum atomic E-state index is -0.147. The molecule has 156 valence electrons. The Morgan fingerprint density at radius 2 is 1.52 bits per heavy atom. The van der Waals surface area contributed by atoms with Crippen molar-refractivity contribution in [3.05, 3.63) is 54.1 Å². The molecule has 0 radical (unpaired) electrons. The largest absolute Gasteiger partial charge is 0.494 e. The van der Waals surface area contributed by atoms with Crippen molar-refractivity contribution >= 4 is 23.2 Å². The molecule has 0 saturated carbocycles. The summed E-state index contributed by atoms with van der Waals surface area (Å²) < 4.78 is 5.61. The number of carbonyl (C=O) groups excluding carboxylic acids is 2. The van der Waals surface area contributed by atoms with Crippen molar-refractivity contribution in [1.29, 1.82) is 0 Å². The first-order valence-electron chi connectivity index (χ1n) is 10.3. The standard InChI is InChI=1S/C23H31N3O3/c1-3-5-15-24-23(28)18-7-9-19(10-8-18)25-17-22(27)26-20-11-13-21(14-12-20)29-16-6-4-2/h7-14,25H,3-6,15-17H2,1-2H3,(H,24,28)(H,26,27). The van der Waals surface area contributed by atoms with Gasteiger partial charge < -0.3 is 20.7 Å². The van der Waals surface area contributed by atoms with Gasteiger partial charge in [0.05, 0.1) is 13.2 Å². The molecule has 0 aliphatic rings. The highest BCUT2D eigenvalue weighted by atomic mass is 16.5. The smallest absolute Gasteiger partial charge is 0.251 e. The van der Waals surface area contributed by atoms with E-state index >= 15 is 0 Å². The predicted octanol–water partition coefficient (Wildman–Crippen LogP) is 4.45. The highest BCUT2D eigenvalue weighted by Crippen LogP contribution is 2.16. The molecule has 29 heavy (non-hydrogen) atoms. The molecule has 2 aromatic rings. The van der Waals surface area contributed by atoms with Crippen LogP contribution in [0.1, 0.15) is 49.9 Å². The maximum absolute atomic E-state index is 12.1. The summed E-state index contributed by atoms with van der Waals surface area (Å²) >= 11 is 0. The number of ether oxygens (including phenoxy) is 1. The Bertz CT molecular complexity index is 758. The van der Waals surface area contributed by atoms with Crippen molar-refractivity contribution in [3.63, 3.8) is 0 Å². The minimum Gasteiger partial charge on any atom is -0.494 e. The molecule has 6 heteroatoms. The van der Waals surface area contributed by atoms with Crippen LogP contribution in [0.15, 0.2) is 48.5 Å². The van der Waals surface area contributed by atoms with Crippen molar-refractivity contribution in [1.82, 2.24) is 5.32 Å². The molecule has 0 unspecified atom stereocenters. The van der Waals surface area contributed by atoms with Crippen LogP contribution in [0.4, 0.5) is 11.4 Å². The molecule has 0 saturated heterocycles.